The number of nitrogens with one attached hydrogen (secondary N) is 1. The minimum Gasteiger partial charge on any atom is -0.319 e. The molecule has 1 aliphatic carbocycles. The van der Waals surface area contributed by atoms with Crippen LogP contribution in [0.25, 0.3) is 0 Å². The predicted molar refractivity (Wildman–Crippen MR) is 63.4 cm³/mol. The summed E-state index contributed by atoms with van der Waals surface area (Å²) in [6.45, 7) is 1.04. The standard InChI is InChI=1S/C11H17N3S/c1-12-6-8-4-3-5-10-9(8)7-13-11(14-10)15-2/h7-8,12H,3-6H2,1-2H3. The average molecular weight is 223 g/mol. The quantitative estimate of drug-likeness (QED) is 0.627. The van der Waals surface area contributed by atoms with Crippen LogP contribution in [0, 0.1) is 0 Å². The minimum atomic E-state index is 0.606. The van der Waals surface area contributed by atoms with Crippen molar-refractivity contribution in [1.82, 2.24) is 15.3 Å². The van der Waals surface area contributed by atoms with Crippen molar-refractivity contribution >= 4 is 11.8 Å². The molecule has 2 rings (SSSR count). The topological polar surface area (TPSA) is 37.8 Å². The highest BCUT2D eigenvalue weighted by Crippen LogP contribution is 2.30. The van der Waals surface area contributed by atoms with E-state index in [1.807, 2.05) is 19.5 Å². The van der Waals surface area contributed by atoms with Gasteiger partial charge in [-0.25, -0.2) is 9.97 Å². The van der Waals surface area contributed by atoms with Gasteiger partial charge in [0, 0.05) is 18.4 Å². The van der Waals surface area contributed by atoms with E-state index in [1.165, 1.54) is 24.1 Å². The van der Waals surface area contributed by atoms with Gasteiger partial charge in [0.1, 0.15) is 0 Å². The summed E-state index contributed by atoms with van der Waals surface area (Å²) in [6, 6.07) is 0. The first-order valence-electron chi connectivity index (χ1n) is 5.39. The fraction of sp³-hybridized carbons (Fsp3) is 0.636. The number of thioether (sulfide) groups is 1. The molecule has 1 N–H and O–H groups in total. The van der Waals surface area contributed by atoms with Crippen LogP contribution in [0.4, 0.5) is 0 Å². The molecule has 15 heavy (non-hydrogen) atoms. The number of fused-ring (bicyclic) bond motifs is 1. The van der Waals surface area contributed by atoms with Crippen molar-refractivity contribution in [1.29, 1.82) is 0 Å². The molecule has 0 aromatic carbocycles. The number of aryl methyl sites for hydroxylation is 1. The molecular weight excluding hydrogens is 206 g/mol. The normalized spacial score (nSPS) is 20.0. The van der Waals surface area contributed by atoms with Crippen molar-refractivity contribution in [2.24, 2.45) is 0 Å². The Balaban J connectivity index is 2.28. The number of hydrogen-bond acceptors (Lipinski definition) is 4. The summed E-state index contributed by atoms with van der Waals surface area (Å²) in [4.78, 5) is 8.96. The number of hydrogen-bond donors (Lipinski definition) is 1. The molecule has 1 aliphatic rings. The second-order valence-corrected chi connectivity index (χ2v) is 4.68. The molecule has 1 aromatic rings. The van der Waals surface area contributed by atoms with Gasteiger partial charge in [-0.05, 0) is 44.0 Å². The highest BCUT2D eigenvalue weighted by Gasteiger charge is 2.21. The van der Waals surface area contributed by atoms with Crippen molar-refractivity contribution < 1.29 is 0 Å². The molecule has 4 heteroatoms. The first kappa shape index (κ1) is 10.9. The van der Waals surface area contributed by atoms with Gasteiger partial charge in [-0.1, -0.05) is 11.8 Å². The Labute approximate surface area is 95.1 Å². The number of aromatic nitrogens is 2. The Morgan fingerprint density at radius 1 is 1.60 bits per heavy atom. The second kappa shape index (κ2) is 4.94. The molecule has 0 spiro atoms. The van der Waals surface area contributed by atoms with Crippen molar-refractivity contribution in [2.75, 3.05) is 19.8 Å². The maximum absolute atomic E-state index is 4.59. The van der Waals surface area contributed by atoms with E-state index in [4.69, 9.17) is 0 Å². The zero-order valence-corrected chi connectivity index (χ0v) is 10.1. The van der Waals surface area contributed by atoms with E-state index >= 15 is 0 Å². The van der Waals surface area contributed by atoms with E-state index < -0.39 is 0 Å². The lowest BCUT2D eigenvalue weighted by molar-refractivity contribution is 0.514. The maximum Gasteiger partial charge on any atom is 0.187 e. The van der Waals surface area contributed by atoms with Gasteiger partial charge in [0.05, 0.1) is 0 Å². The molecule has 0 fully saturated rings. The second-order valence-electron chi connectivity index (χ2n) is 3.91. The van der Waals surface area contributed by atoms with Gasteiger partial charge in [0.25, 0.3) is 0 Å². The zero-order chi connectivity index (χ0) is 10.7. The molecule has 1 atom stereocenters. The molecule has 0 radical (unpaired) electrons. The summed E-state index contributed by atoms with van der Waals surface area (Å²) in [6.07, 6.45) is 7.68. The van der Waals surface area contributed by atoms with Crippen LogP contribution in [0.15, 0.2) is 11.4 Å². The lowest BCUT2D eigenvalue weighted by Crippen LogP contribution is -2.22. The Bertz CT molecular complexity index is 341. The van der Waals surface area contributed by atoms with Crippen molar-refractivity contribution in [2.45, 2.75) is 30.3 Å². The van der Waals surface area contributed by atoms with Gasteiger partial charge in [-0.15, -0.1) is 0 Å². The number of rotatable bonds is 3. The van der Waals surface area contributed by atoms with Crippen molar-refractivity contribution in [3.63, 3.8) is 0 Å². The summed E-state index contributed by atoms with van der Waals surface area (Å²) in [5.74, 6) is 0.606. The van der Waals surface area contributed by atoms with Crippen molar-refractivity contribution in [3.05, 3.63) is 17.5 Å². The number of nitrogens with zero attached hydrogens (tertiary/aromatic N) is 2. The highest BCUT2D eigenvalue weighted by molar-refractivity contribution is 7.98. The third-order valence-electron chi connectivity index (χ3n) is 2.92. The largest absolute Gasteiger partial charge is 0.319 e. The van der Waals surface area contributed by atoms with Crippen LogP contribution >= 0.6 is 11.8 Å². The monoisotopic (exact) mass is 223 g/mol. The van der Waals surface area contributed by atoms with Gasteiger partial charge in [0.2, 0.25) is 0 Å². The van der Waals surface area contributed by atoms with Gasteiger partial charge < -0.3 is 5.32 Å². The summed E-state index contributed by atoms with van der Waals surface area (Å²) < 4.78 is 0. The molecule has 0 saturated carbocycles. The molecule has 0 bridgehead atoms. The highest BCUT2D eigenvalue weighted by atomic mass is 32.2. The van der Waals surface area contributed by atoms with Gasteiger partial charge >= 0.3 is 0 Å². The lowest BCUT2D eigenvalue weighted by Gasteiger charge is -2.24. The Kier molecular flexibility index (Phi) is 3.59. The Morgan fingerprint density at radius 2 is 2.47 bits per heavy atom. The first-order chi connectivity index (χ1) is 7.35. The van der Waals surface area contributed by atoms with Crippen LogP contribution in [0.1, 0.15) is 30.0 Å². The summed E-state index contributed by atoms with van der Waals surface area (Å²) in [5.41, 5.74) is 2.62. The van der Waals surface area contributed by atoms with E-state index in [2.05, 4.69) is 15.3 Å². The van der Waals surface area contributed by atoms with Gasteiger partial charge in [0.15, 0.2) is 5.16 Å². The molecule has 82 valence electrons. The Morgan fingerprint density at radius 3 is 3.20 bits per heavy atom. The third-order valence-corrected chi connectivity index (χ3v) is 3.48. The maximum atomic E-state index is 4.59. The molecule has 0 amide bonds. The fourth-order valence-electron chi connectivity index (χ4n) is 2.18. The van der Waals surface area contributed by atoms with Gasteiger partial charge in [-0.2, -0.15) is 0 Å². The predicted octanol–water partition coefficient (Wildman–Crippen LogP) is 1.84. The zero-order valence-electron chi connectivity index (χ0n) is 9.29. The van der Waals surface area contributed by atoms with Crippen LogP contribution in [0.2, 0.25) is 0 Å². The smallest absolute Gasteiger partial charge is 0.187 e. The van der Waals surface area contributed by atoms with Crippen LogP contribution in [-0.4, -0.2) is 29.8 Å². The molecule has 0 saturated heterocycles. The van der Waals surface area contributed by atoms with Crippen LogP contribution in [-0.2, 0) is 6.42 Å². The summed E-state index contributed by atoms with van der Waals surface area (Å²) in [7, 11) is 2.01. The van der Waals surface area contributed by atoms with E-state index in [9.17, 15) is 0 Å². The third kappa shape index (κ3) is 2.32. The number of likely N-dealkylation sites (N-methyl/N-ethyl adjacent to an activating group) is 1. The molecular formula is C11H17N3S. The van der Waals surface area contributed by atoms with Crippen LogP contribution in [0.5, 0.6) is 0 Å². The van der Waals surface area contributed by atoms with E-state index in [-0.39, 0.29) is 0 Å². The molecule has 1 unspecified atom stereocenters. The fourth-order valence-corrected chi connectivity index (χ4v) is 2.54. The average Bonchev–Trinajstić information content (AvgIpc) is 2.29. The Hall–Kier alpha value is -0.610. The van der Waals surface area contributed by atoms with Crippen molar-refractivity contribution in [3.8, 4) is 0 Å². The molecule has 3 nitrogen and oxygen atoms in total. The summed E-state index contributed by atoms with van der Waals surface area (Å²) >= 11 is 1.62. The molecule has 1 aromatic heterocycles. The summed E-state index contributed by atoms with van der Waals surface area (Å²) in [5, 5.41) is 4.15. The van der Waals surface area contributed by atoms with Crippen LogP contribution < -0.4 is 5.32 Å². The first-order valence-corrected chi connectivity index (χ1v) is 6.62. The minimum absolute atomic E-state index is 0.606. The molecule has 0 aliphatic heterocycles. The SMILES string of the molecule is CNCC1CCCc2nc(SC)ncc21. The van der Waals surface area contributed by atoms with E-state index in [1.54, 1.807) is 11.8 Å². The van der Waals surface area contributed by atoms with E-state index in [0.717, 1.165) is 18.1 Å². The van der Waals surface area contributed by atoms with E-state index in [0.29, 0.717) is 5.92 Å². The molecule has 1 heterocycles. The van der Waals surface area contributed by atoms with Gasteiger partial charge in [-0.3, -0.25) is 0 Å². The van der Waals surface area contributed by atoms with Crippen LogP contribution in [0.3, 0.4) is 0 Å². The lowest BCUT2D eigenvalue weighted by atomic mass is 9.86.